The molecule has 23 heavy (non-hydrogen) atoms. The van der Waals surface area contributed by atoms with Gasteiger partial charge in [-0.05, 0) is 23.8 Å². The van der Waals surface area contributed by atoms with Crippen molar-refractivity contribution in [1.82, 2.24) is 0 Å². The van der Waals surface area contributed by atoms with Gasteiger partial charge in [0.2, 0.25) is 0 Å². The topological polar surface area (TPSA) is 59.3 Å². The fourth-order valence-electron chi connectivity index (χ4n) is 1.77. The van der Waals surface area contributed by atoms with Crippen LogP contribution in [0.2, 0.25) is 0 Å². The lowest BCUT2D eigenvalue weighted by Gasteiger charge is -2.13. The summed E-state index contributed by atoms with van der Waals surface area (Å²) in [4.78, 5) is 12.0. The number of alkyl halides is 3. The van der Waals surface area contributed by atoms with Crippen LogP contribution in [0.15, 0.2) is 48.5 Å². The number of halogens is 3. The van der Waals surface area contributed by atoms with E-state index in [4.69, 9.17) is 10.00 Å². The van der Waals surface area contributed by atoms with Crippen molar-refractivity contribution in [2.75, 3.05) is 0 Å². The number of nitrogens with zero attached hydrogens (tertiary/aromatic N) is 1. The Bertz CT molecular complexity index is 736. The molecule has 7 heteroatoms. The van der Waals surface area contributed by atoms with Crippen LogP contribution in [0.1, 0.15) is 21.5 Å². The lowest BCUT2D eigenvalue weighted by molar-refractivity contribution is -0.274. The van der Waals surface area contributed by atoms with Crippen LogP contribution in [0.25, 0.3) is 0 Å². The van der Waals surface area contributed by atoms with E-state index in [9.17, 15) is 18.0 Å². The molecule has 0 fully saturated rings. The van der Waals surface area contributed by atoms with Gasteiger partial charge in [0.15, 0.2) is 0 Å². The van der Waals surface area contributed by atoms with Gasteiger partial charge in [0.05, 0.1) is 11.6 Å². The van der Waals surface area contributed by atoms with Crippen LogP contribution in [0.5, 0.6) is 5.75 Å². The minimum absolute atomic E-state index is 0.0196. The number of nitriles is 1. The third-order valence-electron chi connectivity index (χ3n) is 2.77. The highest BCUT2D eigenvalue weighted by molar-refractivity contribution is 5.93. The van der Waals surface area contributed by atoms with Crippen LogP contribution >= 0.6 is 0 Å². The maximum Gasteiger partial charge on any atom is 0.573 e. The molecule has 0 amide bonds. The summed E-state index contributed by atoms with van der Waals surface area (Å²) in [5.41, 5.74) is 0.235. The summed E-state index contributed by atoms with van der Waals surface area (Å²) in [5.74, 6) is -1.72. The lowest BCUT2D eigenvalue weighted by atomic mass is 10.1. The quantitative estimate of drug-likeness (QED) is 0.803. The van der Waals surface area contributed by atoms with Gasteiger partial charge in [0, 0.05) is 0 Å². The molecule has 0 aliphatic carbocycles. The molecule has 0 aliphatic rings. The van der Waals surface area contributed by atoms with Gasteiger partial charge >= 0.3 is 12.3 Å². The Morgan fingerprint density at radius 3 is 2.43 bits per heavy atom. The predicted molar refractivity (Wildman–Crippen MR) is 73.4 cm³/mol. The van der Waals surface area contributed by atoms with Gasteiger partial charge in [-0.3, -0.25) is 0 Å². The third-order valence-corrected chi connectivity index (χ3v) is 2.77. The van der Waals surface area contributed by atoms with E-state index in [0.29, 0.717) is 5.56 Å². The second kappa shape index (κ2) is 6.83. The van der Waals surface area contributed by atoms with E-state index < -0.39 is 23.6 Å². The molecule has 0 unspecified atom stereocenters. The summed E-state index contributed by atoms with van der Waals surface area (Å²) in [6.45, 7) is -0.109. The van der Waals surface area contributed by atoms with Crippen molar-refractivity contribution in [2.45, 2.75) is 13.0 Å². The SMILES string of the molecule is N#Cc1ccc(OC(F)(F)F)c(C(=O)OCc2ccccc2)c1. The molecule has 0 radical (unpaired) electrons. The van der Waals surface area contributed by atoms with E-state index in [1.54, 1.807) is 36.4 Å². The molecule has 0 N–H and O–H groups in total. The molecule has 0 aliphatic heterocycles. The highest BCUT2D eigenvalue weighted by Gasteiger charge is 2.33. The molecule has 4 nitrogen and oxygen atoms in total. The van der Waals surface area contributed by atoms with Crippen LogP contribution in [-0.2, 0) is 11.3 Å². The summed E-state index contributed by atoms with van der Waals surface area (Å²) in [5, 5.41) is 8.81. The maximum absolute atomic E-state index is 12.4. The summed E-state index contributed by atoms with van der Waals surface area (Å²) in [6, 6.07) is 13.4. The van der Waals surface area contributed by atoms with Gasteiger partial charge in [-0.1, -0.05) is 30.3 Å². The first-order valence-electron chi connectivity index (χ1n) is 6.40. The van der Waals surface area contributed by atoms with Crippen LogP contribution in [0.4, 0.5) is 13.2 Å². The van der Waals surface area contributed by atoms with E-state index in [-0.39, 0.29) is 12.2 Å². The van der Waals surface area contributed by atoms with Gasteiger partial charge in [-0.15, -0.1) is 13.2 Å². The number of benzene rings is 2. The van der Waals surface area contributed by atoms with Crippen molar-refractivity contribution in [2.24, 2.45) is 0 Å². The average Bonchev–Trinajstić information content (AvgIpc) is 2.52. The molecule has 0 spiro atoms. The second-order valence-electron chi connectivity index (χ2n) is 4.43. The molecule has 2 aromatic rings. The minimum Gasteiger partial charge on any atom is -0.457 e. The molecule has 0 bridgehead atoms. The third kappa shape index (κ3) is 4.74. The number of ether oxygens (including phenoxy) is 2. The van der Waals surface area contributed by atoms with Crippen molar-refractivity contribution in [1.29, 1.82) is 5.26 Å². The number of hydrogen-bond donors (Lipinski definition) is 0. The fourth-order valence-corrected chi connectivity index (χ4v) is 1.77. The highest BCUT2D eigenvalue weighted by atomic mass is 19.4. The van der Waals surface area contributed by atoms with E-state index in [1.165, 1.54) is 0 Å². The van der Waals surface area contributed by atoms with Gasteiger partial charge in [0.25, 0.3) is 0 Å². The number of carbonyl (C=O) groups is 1. The molecule has 0 aromatic heterocycles. The fraction of sp³-hybridized carbons (Fsp3) is 0.125. The molecule has 2 aromatic carbocycles. The molecule has 0 saturated heterocycles. The monoisotopic (exact) mass is 321 g/mol. The Balaban J connectivity index is 2.21. The van der Waals surface area contributed by atoms with Crippen molar-refractivity contribution in [3.05, 3.63) is 65.2 Å². The number of carbonyl (C=O) groups excluding carboxylic acids is 1. The van der Waals surface area contributed by atoms with Crippen molar-refractivity contribution >= 4 is 5.97 Å². The maximum atomic E-state index is 12.4. The van der Waals surface area contributed by atoms with E-state index in [0.717, 1.165) is 18.2 Å². The standard InChI is InChI=1S/C16H10F3NO3/c17-16(18,19)23-14-7-6-12(9-20)8-13(14)15(21)22-10-11-4-2-1-3-5-11/h1-8H,10H2. The van der Waals surface area contributed by atoms with E-state index in [2.05, 4.69) is 4.74 Å². The van der Waals surface area contributed by atoms with Crippen molar-refractivity contribution in [3.8, 4) is 11.8 Å². The van der Waals surface area contributed by atoms with E-state index >= 15 is 0 Å². The van der Waals surface area contributed by atoms with Crippen LogP contribution in [-0.4, -0.2) is 12.3 Å². The zero-order valence-electron chi connectivity index (χ0n) is 11.6. The molecule has 0 heterocycles. The lowest BCUT2D eigenvalue weighted by Crippen LogP contribution is -2.19. The number of rotatable bonds is 4. The highest BCUT2D eigenvalue weighted by Crippen LogP contribution is 2.28. The van der Waals surface area contributed by atoms with Crippen molar-refractivity contribution < 1.29 is 27.4 Å². The number of esters is 1. The largest absolute Gasteiger partial charge is 0.573 e. The Kier molecular flexibility index (Phi) is 4.86. The Hall–Kier alpha value is -3.01. The molecular weight excluding hydrogens is 311 g/mol. The van der Waals surface area contributed by atoms with Crippen LogP contribution in [0, 0.1) is 11.3 Å². The Morgan fingerprint density at radius 1 is 1.13 bits per heavy atom. The molecular formula is C16H10F3NO3. The van der Waals surface area contributed by atoms with Gasteiger partial charge in [-0.2, -0.15) is 5.26 Å². The van der Waals surface area contributed by atoms with E-state index in [1.807, 2.05) is 0 Å². The van der Waals surface area contributed by atoms with Crippen LogP contribution < -0.4 is 4.74 Å². The summed E-state index contributed by atoms with van der Waals surface area (Å²) in [7, 11) is 0. The zero-order chi connectivity index (χ0) is 16.9. The average molecular weight is 321 g/mol. The zero-order valence-corrected chi connectivity index (χ0v) is 11.6. The molecule has 2 rings (SSSR count). The van der Waals surface area contributed by atoms with Gasteiger partial charge in [0.1, 0.15) is 17.9 Å². The Morgan fingerprint density at radius 2 is 1.83 bits per heavy atom. The molecule has 0 atom stereocenters. The first kappa shape index (κ1) is 16.4. The van der Waals surface area contributed by atoms with Crippen molar-refractivity contribution in [3.63, 3.8) is 0 Å². The first-order valence-corrected chi connectivity index (χ1v) is 6.40. The predicted octanol–water partition coefficient (Wildman–Crippen LogP) is 3.81. The second-order valence-corrected chi connectivity index (χ2v) is 4.43. The normalized spacial score (nSPS) is 10.7. The smallest absolute Gasteiger partial charge is 0.457 e. The van der Waals surface area contributed by atoms with Gasteiger partial charge < -0.3 is 9.47 Å². The summed E-state index contributed by atoms with van der Waals surface area (Å²) >= 11 is 0. The Labute approximate surface area is 129 Å². The van der Waals surface area contributed by atoms with Gasteiger partial charge in [-0.25, -0.2) is 4.79 Å². The first-order chi connectivity index (χ1) is 10.9. The summed E-state index contributed by atoms with van der Waals surface area (Å²) in [6.07, 6.45) is -4.96. The van der Waals surface area contributed by atoms with Crippen LogP contribution in [0.3, 0.4) is 0 Å². The minimum atomic E-state index is -4.96. The summed E-state index contributed by atoms with van der Waals surface area (Å²) < 4.78 is 45.9. The number of hydrogen-bond acceptors (Lipinski definition) is 4. The molecule has 118 valence electrons. The molecule has 0 saturated carbocycles.